The number of ether oxygens (including phenoxy) is 2. The van der Waals surface area contributed by atoms with E-state index in [0.29, 0.717) is 5.56 Å². The van der Waals surface area contributed by atoms with Crippen molar-refractivity contribution in [2.45, 2.75) is 12.5 Å². The maximum absolute atomic E-state index is 13.1. The number of aliphatic hydroxyl groups is 1. The van der Waals surface area contributed by atoms with Gasteiger partial charge in [0.2, 0.25) is 0 Å². The van der Waals surface area contributed by atoms with Gasteiger partial charge in [-0.05, 0) is 17.7 Å². The number of esters is 1. The Labute approximate surface area is 92.6 Å². The van der Waals surface area contributed by atoms with E-state index in [4.69, 9.17) is 4.74 Å². The minimum Gasteiger partial charge on any atom is -0.494 e. The van der Waals surface area contributed by atoms with Crippen molar-refractivity contribution in [1.82, 2.24) is 0 Å². The highest BCUT2D eigenvalue weighted by Crippen LogP contribution is 2.24. The maximum Gasteiger partial charge on any atom is 0.308 e. The third kappa shape index (κ3) is 2.93. The molecule has 1 unspecified atom stereocenters. The summed E-state index contributed by atoms with van der Waals surface area (Å²) in [5.74, 6) is -1.02. The number of methoxy groups -OCH3 is 2. The van der Waals surface area contributed by atoms with Gasteiger partial charge < -0.3 is 14.6 Å². The lowest BCUT2D eigenvalue weighted by Crippen LogP contribution is -2.08. The first kappa shape index (κ1) is 12.4. The van der Waals surface area contributed by atoms with Crippen LogP contribution in [0.1, 0.15) is 18.1 Å². The monoisotopic (exact) mass is 228 g/mol. The molecule has 0 radical (unpaired) electrons. The molecule has 5 heteroatoms. The third-order valence-corrected chi connectivity index (χ3v) is 2.15. The number of halogens is 1. The maximum atomic E-state index is 13.1. The molecule has 0 bridgehead atoms. The molecule has 0 saturated heterocycles. The molecule has 1 aromatic carbocycles. The summed E-state index contributed by atoms with van der Waals surface area (Å²) in [6.45, 7) is 0. The van der Waals surface area contributed by atoms with Crippen molar-refractivity contribution in [3.05, 3.63) is 29.6 Å². The van der Waals surface area contributed by atoms with Crippen LogP contribution in [0.4, 0.5) is 4.39 Å². The van der Waals surface area contributed by atoms with Crippen LogP contribution < -0.4 is 4.74 Å². The molecule has 0 aliphatic rings. The summed E-state index contributed by atoms with van der Waals surface area (Å²) >= 11 is 0. The van der Waals surface area contributed by atoms with Crippen LogP contribution in [0.25, 0.3) is 0 Å². The smallest absolute Gasteiger partial charge is 0.308 e. The summed E-state index contributed by atoms with van der Waals surface area (Å²) in [7, 11) is 2.56. The molecular formula is C11H13FO4. The summed E-state index contributed by atoms with van der Waals surface area (Å²) in [4.78, 5) is 10.9. The van der Waals surface area contributed by atoms with Crippen molar-refractivity contribution >= 4 is 5.97 Å². The lowest BCUT2D eigenvalue weighted by atomic mass is 10.1. The Morgan fingerprint density at radius 3 is 2.75 bits per heavy atom. The van der Waals surface area contributed by atoms with Crippen molar-refractivity contribution in [2.24, 2.45) is 0 Å². The highest BCUT2D eigenvalue weighted by atomic mass is 19.1. The van der Waals surface area contributed by atoms with Crippen LogP contribution in [0, 0.1) is 5.82 Å². The van der Waals surface area contributed by atoms with Gasteiger partial charge >= 0.3 is 5.97 Å². The van der Waals surface area contributed by atoms with Gasteiger partial charge in [0, 0.05) is 0 Å². The van der Waals surface area contributed by atoms with Crippen LogP contribution in [0.2, 0.25) is 0 Å². The Hall–Kier alpha value is -1.62. The molecule has 0 saturated carbocycles. The summed E-state index contributed by atoms with van der Waals surface area (Å²) in [6, 6.07) is 3.92. The average Bonchev–Trinajstić information content (AvgIpc) is 2.29. The molecular weight excluding hydrogens is 215 g/mol. The van der Waals surface area contributed by atoms with Crippen molar-refractivity contribution in [3.63, 3.8) is 0 Å². The Morgan fingerprint density at radius 2 is 2.19 bits per heavy atom. The first-order chi connectivity index (χ1) is 7.58. The van der Waals surface area contributed by atoms with Gasteiger partial charge in [0.15, 0.2) is 11.6 Å². The quantitative estimate of drug-likeness (QED) is 0.792. The van der Waals surface area contributed by atoms with E-state index in [1.54, 1.807) is 0 Å². The number of aliphatic hydroxyl groups excluding tert-OH is 1. The van der Waals surface area contributed by atoms with Gasteiger partial charge in [-0.15, -0.1) is 0 Å². The number of rotatable bonds is 4. The predicted molar refractivity (Wildman–Crippen MR) is 54.5 cm³/mol. The Bertz CT molecular complexity index is 378. The zero-order valence-corrected chi connectivity index (χ0v) is 9.07. The van der Waals surface area contributed by atoms with E-state index in [9.17, 15) is 14.3 Å². The van der Waals surface area contributed by atoms with Crippen LogP contribution in [-0.4, -0.2) is 25.3 Å². The second kappa shape index (κ2) is 5.46. The summed E-state index contributed by atoms with van der Waals surface area (Å²) < 4.78 is 22.2. The van der Waals surface area contributed by atoms with Crippen LogP contribution in [-0.2, 0) is 9.53 Å². The second-order valence-electron chi connectivity index (χ2n) is 3.19. The van der Waals surface area contributed by atoms with Gasteiger partial charge in [-0.2, -0.15) is 0 Å². The summed E-state index contributed by atoms with van der Waals surface area (Å²) in [5.41, 5.74) is 0.406. The van der Waals surface area contributed by atoms with Crippen LogP contribution >= 0.6 is 0 Å². The lowest BCUT2D eigenvalue weighted by Gasteiger charge is -2.11. The molecule has 4 nitrogen and oxygen atoms in total. The number of hydrogen-bond donors (Lipinski definition) is 1. The van der Waals surface area contributed by atoms with Crippen LogP contribution in [0.15, 0.2) is 18.2 Å². The minimum absolute atomic E-state index is 0.0291. The second-order valence-corrected chi connectivity index (χ2v) is 3.19. The zero-order chi connectivity index (χ0) is 12.1. The molecule has 16 heavy (non-hydrogen) atoms. The summed E-state index contributed by atoms with van der Waals surface area (Å²) in [6.07, 6.45) is -1.20. The Kier molecular flexibility index (Phi) is 4.25. The molecule has 1 aromatic rings. The third-order valence-electron chi connectivity index (χ3n) is 2.15. The van der Waals surface area contributed by atoms with Crippen LogP contribution in [0.3, 0.4) is 0 Å². The van der Waals surface area contributed by atoms with E-state index < -0.39 is 17.9 Å². The SMILES string of the molecule is COC(=O)CC(O)c1ccc(F)c(OC)c1. The van der Waals surface area contributed by atoms with Gasteiger partial charge in [-0.1, -0.05) is 6.07 Å². The minimum atomic E-state index is -1.03. The fourth-order valence-electron chi connectivity index (χ4n) is 1.24. The number of carbonyl (C=O) groups is 1. The van der Waals surface area contributed by atoms with Gasteiger partial charge in [0.05, 0.1) is 26.7 Å². The molecule has 0 spiro atoms. The van der Waals surface area contributed by atoms with E-state index >= 15 is 0 Å². The van der Waals surface area contributed by atoms with Crippen molar-refractivity contribution in [1.29, 1.82) is 0 Å². The van der Waals surface area contributed by atoms with Crippen LogP contribution in [0.5, 0.6) is 5.75 Å². The standard InChI is InChI=1S/C11H13FO4/c1-15-10-5-7(3-4-8(10)12)9(13)6-11(14)16-2/h3-5,9,13H,6H2,1-2H3. The van der Waals surface area contributed by atoms with E-state index in [1.807, 2.05) is 0 Å². The summed E-state index contributed by atoms with van der Waals surface area (Å²) in [5, 5.41) is 9.65. The van der Waals surface area contributed by atoms with E-state index in [-0.39, 0.29) is 12.2 Å². The van der Waals surface area contributed by atoms with E-state index in [2.05, 4.69) is 4.74 Å². The predicted octanol–water partition coefficient (Wildman–Crippen LogP) is 1.43. The largest absolute Gasteiger partial charge is 0.494 e. The number of hydrogen-bond acceptors (Lipinski definition) is 4. The fourth-order valence-corrected chi connectivity index (χ4v) is 1.24. The molecule has 1 atom stereocenters. The van der Waals surface area contributed by atoms with E-state index in [1.165, 1.54) is 32.4 Å². The first-order valence-electron chi connectivity index (χ1n) is 4.66. The molecule has 0 aliphatic heterocycles. The average molecular weight is 228 g/mol. The van der Waals surface area contributed by atoms with Crippen molar-refractivity contribution in [3.8, 4) is 5.75 Å². The highest BCUT2D eigenvalue weighted by molar-refractivity contribution is 5.70. The fraction of sp³-hybridized carbons (Fsp3) is 0.364. The van der Waals surface area contributed by atoms with Gasteiger partial charge in [0.25, 0.3) is 0 Å². The molecule has 1 rings (SSSR count). The Balaban J connectivity index is 2.83. The number of carbonyl (C=O) groups excluding carboxylic acids is 1. The van der Waals surface area contributed by atoms with E-state index in [0.717, 1.165) is 0 Å². The van der Waals surface area contributed by atoms with Gasteiger partial charge in [-0.3, -0.25) is 4.79 Å². The molecule has 88 valence electrons. The topological polar surface area (TPSA) is 55.8 Å². The lowest BCUT2D eigenvalue weighted by molar-refractivity contribution is -0.142. The highest BCUT2D eigenvalue weighted by Gasteiger charge is 2.15. The molecule has 0 heterocycles. The molecule has 0 aromatic heterocycles. The molecule has 0 fully saturated rings. The zero-order valence-electron chi connectivity index (χ0n) is 9.07. The molecule has 1 N–H and O–H groups in total. The molecule has 0 aliphatic carbocycles. The van der Waals surface area contributed by atoms with Gasteiger partial charge in [-0.25, -0.2) is 4.39 Å². The molecule has 0 amide bonds. The van der Waals surface area contributed by atoms with Crippen molar-refractivity contribution in [2.75, 3.05) is 14.2 Å². The van der Waals surface area contributed by atoms with Crippen molar-refractivity contribution < 1.29 is 23.8 Å². The number of benzene rings is 1. The normalized spacial score (nSPS) is 12.0. The Morgan fingerprint density at radius 1 is 1.50 bits per heavy atom. The van der Waals surface area contributed by atoms with Gasteiger partial charge in [0.1, 0.15) is 0 Å². The first-order valence-corrected chi connectivity index (χ1v) is 4.66.